The third-order valence-electron chi connectivity index (χ3n) is 3.49. The first kappa shape index (κ1) is 14.6. The summed E-state index contributed by atoms with van der Waals surface area (Å²) < 4.78 is 1.74. The summed E-state index contributed by atoms with van der Waals surface area (Å²) in [7, 11) is 0. The number of rotatable bonds is 3. The first-order valence-corrected chi connectivity index (χ1v) is 7.23. The second-order valence-electron chi connectivity index (χ2n) is 6.30. The fraction of sp³-hybridized carbons (Fsp3) is 0.471. The molecular weight excluding hydrogens is 248 g/mol. The van der Waals surface area contributed by atoms with E-state index in [2.05, 4.69) is 46.8 Å². The predicted molar refractivity (Wildman–Crippen MR) is 83.1 cm³/mol. The molecule has 0 unspecified atom stereocenters. The van der Waals surface area contributed by atoms with E-state index in [0.717, 1.165) is 29.7 Å². The number of aromatic hydroxyl groups is 1. The van der Waals surface area contributed by atoms with Gasteiger partial charge in [0.2, 0.25) is 5.88 Å². The third-order valence-corrected chi connectivity index (χ3v) is 3.49. The molecule has 0 atom stereocenters. The van der Waals surface area contributed by atoms with Crippen LogP contribution in [0, 0.1) is 6.92 Å². The van der Waals surface area contributed by atoms with E-state index >= 15 is 0 Å². The van der Waals surface area contributed by atoms with Crippen molar-refractivity contribution in [1.29, 1.82) is 0 Å². The minimum atomic E-state index is -0.229. The summed E-state index contributed by atoms with van der Waals surface area (Å²) in [4.78, 5) is 0. The first-order valence-electron chi connectivity index (χ1n) is 7.23. The molecule has 0 radical (unpaired) electrons. The van der Waals surface area contributed by atoms with Gasteiger partial charge in [-0.3, -0.25) is 0 Å². The lowest BCUT2D eigenvalue weighted by Crippen LogP contribution is -2.22. The molecule has 0 saturated carbocycles. The third kappa shape index (κ3) is 2.58. The van der Waals surface area contributed by atoms with Gasteiger partial charge in [0, 0.05) is 11.1 Å². The highest BCUT2D eigenvalue weighted by Gasteiger charge is 2.25. The SMILES string of the molecule is CCCc1c(-c2ccccc2C)nn(C(C)(C)C)c1O. The quantitative estimate of drug-likeness (QED) is 0.906. The fourth-order valence-corrected chi connectivity index (χ4v) is 2.44. The Bertz CT molecular complexity index is 606. The molecule has 2 aromatic rings. The van der Waals surface area contributed by atoms with Gasteiger partial charge in [0.15, 0.2) is 0 Å². The standard InChI is InChI=1S/C17H24N2O/c1-6-9-14-15(13-11-8-7-10-12(13)2)18-19(16(14)20)17(3,4)5/h7-8,10-11,20H,6,9H2,1-5H3. The van der Waals surface area contributed by atoms with Crippen LogP contribution >= 0.6 is 0 Å². The van der Waals surface area contributed by atoms with Crippen LogP contribution in [0.15, 0.2) is 24.3 Å². The maximum absolute atomic E-state index is 10.5. The molecule has 3 nitrogen and oxygen atoms in total. The van der Waals surface area contributed by atoms with E-state index < -0.39 is 0 Å². The van der Waals surface area contributed by atoms with Crippen LogP contribution in [-0.2, 0) is 12.0 Å². The molecule has 0 aliphatic heterocycles. The number of nitrogens with zero attached hydrogens (tertiary/aromatic N) is 2. The Morgan fingerprint density at radius 2 is 1.85 bits per heavy atom. The molecular formula is C17H24N2O. The van der Waals surface area contributed by atoms with Crippen LogP contribution in [0.2, 0.25) is 0 Å². The molecule has 0 spiro atoms. The topological polar surface area (TPSA) is 38.0 Å². The number of benzene rings is 1. The number of aryl methyl sites for hydroxylation is 1. The lowest BCUT2D eigenvalue weighted by Gasteiger charge is -2.20. The van der Waals surface area contributed by atoms with Gasteiger partial charge in [0.05, 0.1) is 11.2 Å². The zero-order valence-electron chi connectivity index (χ0n) is 13.1. The molecule has 0 aliphatic carbocycles. The van der Waals surface area contributed by atoms with Crippen molar-refractivity contribution in [3.05, 3.63) is 35.4 Å². The molecule has 0 bridgehead atoms. The van der Waals surface area contributed by atoms with Crippen molar-refractivity contribution in [2.75, 3.05) is 0 Å². The summed E-state index contributed by atoms with van der Waals surface area (Å²) in [6.07, 6.45) is 1.83. The number of hydrogen-bond donors (Lipinski definition) is 1. The average molecular weight is 272 g/mol. The second-order valence-corrected chi connectivity index (χ2v) is 6.30. The first-order chi connectivity index (χ1) is 9.36. The summed E-state index contributed by atoms with van der Waals surface area (Å²) in [6, 6.07) is 8.20. The molecule has 20 heavy (non-hydrogen) atoms. The fourth-order valence-electron chi connectivity index (χ4n) is 2.44. The van der Waals surface area contributed by atoms with E-state index in [4.69, 9.17) is 5.10 Å². The minimum absolute atomic E-state index is 0.229. The summed E-state index contributed by atoms with van der Waals surface area (Å²) in [5.41, 5.74) is 3.93. The highest BCUT2D eigenvalue weighted by molar-refractivity contribution is 5.68. The molecule has 1 N–H and O–H groups in total. The van der Waals surface area contributed by atoms with Gasteiger partial charge in [-0.15, -0.1) is 0 Å². The Morgan fingerprint density at radius 3 is 2.40 bits per heavy atom. The molecule has 0 fully saturated rings. The maximum atomic E-state index is 10.5. The highest BCUT2D eigenvalue weighted by Crippen LogP contribution is 2.35. The molecule has 1 heterocycles. The lowest BCUT2D eigenvalue weighted by atomic mass is 10.0. The van der Waals surface area contributed by atoms with Crippen LogP contribution in [0.5, 0.6) is 5.88 Å². The van der Waals surface area contributed by atoms with Crippen LogP contribution in [0.3, 0.4) is 0 Å². The molecule has 1 aromatic heterocycles. The normalized spacial score (nSPS) is 11.8. The zero-order valence-corrected chi connectivity index (χ0v) is 13.1. The van der Waals surface area contributed by atoms with E-state index in [9.17, 15) is 5.11 Å². The van der Waals surface area contributed by atoms with Crippen LogP contribution in [-0.4, -0.2) is 14.9 Å². The Kier molecular flexibility index (Phi) is 3.89. The smallest absolute Gasteiger partial charge is 0.213 e. The zero-order chi connectivity index (χ0) is 14.9. The van der Waals surface area contributed by atoms with Gasteiger partial charge in [0.1, 0.15) is 0 Å². The molecule has 108 valence electrons. The van der Waals surface area contributed by atoms with Crippen molar-refractivity contribution >= 4 is 0 Å². The van der Waals surface area contributed by atoms with Gasteiger partial charge >= 0.3 is 0 Å². The van der Waals surface area contributed by atoms with Gasteiger partial charge < -0.3 is 5.11 Å². The van der Waals surface area contributed by atoms with Gasteiger partial charge in [-0.1, -0.05) is 37.6 Å². The molecule has 0 amide bonds. The van der Waals surface area contributed by atoms with Crippen molar-refractivity contribution in [3.8, 4) is 17.1 Å². The van der Waals surface area contributed by atoms with E-state index in [-0.39, 0.29) is 5.54 Å². The van der Waals surface area contributed by atoms with Gasteiger partial charge in [-0.25, -0.2) is 4.68 Å². The molecule has 1 aromatic carbocycles. The minimum Gasteiger partial charge on any atom is -0.493 e. The summed E-state index contributed by atoms with van der Waals surface area (Å²) in [6.45, 7) is 10.4. The number of aromatic nitrogens is 2. The van der Waals surface area contributed by atoms with E-state index in [0.29, 0.717) is 5.88 Å². The van der Waals surface area contributed by atoms with Crippen LogP contribution in [0.1, 0.15) is 45.2 Å². The number of hydrogen-bond acceptors (Lipinski definition) is 2. The lowest BCUT2D eigenvalue weighted by molar-refractivity contribution is 0.293. The molecule has 2 rings (SSSR count). The Balaban J connectivity index is 2.67. The highest BCUT2D eigenvalue weighted by atomic mass is 16.3. The largest absolute Gasteiger partial charge is 0.493 e. The Labute approximate surface area is 121 Å². The Hall–Kier alpha value is -1.77. The van der Waals surface area contributed by atoms with E-state index in [1.165, 1.54) is 5.56 Å². The molecule has 0 aliphatic rings. The van der Waals surface area contributed by atoms with Gasteiger partial charge in [-0.05, 0) is 39.7 Å². The summed E-state index contributed by atoms with van der Waals surface area (Å²) >= 11 is 0. The van der Waals surface area contributed by atoms with Gasteiger partial charge in [-0.2, -0.15) is 5.10 Å². The van der Waals surface area contributed by atoms with Crippen LogP contribution in [0.25, 0.3) is 11.3 Å². The summed E-state index contributed by atoms with van der Waals surface area (Å²) in [5.74, 6) is 0.303. The monoisotopic (exact) mass is 272 g/mol. The van der Waals surface area contributed by atoms with Crippen molar-refractivity contribution in [3.63, 3.8) is 0 Å². The van der Waals surface area contributed by atoms with Crippen molar-refractivity contribution in [1.82, 2.24) is 9.78 Å². The maximum Gasteiger partial charge on any atom is 0.213 e. The molecule has 0 saturated heterocycles. The van der Waals surface area contributed by atoms with E-state index in [1.807, 2.05) is 12.1 Å². The summed E-state index contributed by atoms with van der Waals surface area (Å²) in [5, 5.41) is 15.2. The predicted octanol–water partition coefficient (Wildman–Crippen LogP) is 4.27. The average Bonchev–Trinajstić information content (AvgIpc) is 2.68. The second kappa shape index (κ2) is 5.31. The van der Waals surface area contributed by atoms with E-state index in [1.54, 1.807) is 4.68 Å². The van der Waals surface area contributed by atoms with Crippen molar-refractivity contribution in [2.24, 2.45) is 0 Å². The van der Waals surface area contributed by atoms with Gasteiger partial charge in [0.25, 0.3) is 0 Å². The Morgan fingerprint density at radius 1 is 1.20 bits per heavy atom. The van der Waals surface area contributed by atoms with Crippen LogP contribution in [0.4, 0.5) is 0 Å². The molecule has 3 heteroatoms. The van der Waals surface area contributed by atoms with Crippen LogP contribution < -0.4 is 0 Å². The van der Waals surface area contributed by atoms with Crippen molar-refractivity contribution < 1.29 is 5.11 Å². The van der Waals surface area contributed by atoms with Crippen molar-refractivity contribution in [2.45, 2.75) is 53.0 Å².